The standard InChI is InChI=1S/C26H29N5O3S/c1-6-19-8-13-23-22(15-19)18(5)24(31(23)7-2)25(32)29-20-9-11-21(12-10-20)35(33,34)30-26-27-16(3)14-17(4)28-26/h8-15H,6-7H2,1-5H3,(H,29,32)(H,27,28,30). The fourth-order valence-electron chi connectivity index (χ4n) is 4.27. The minimum atomic E-state index is -3.88. The molecule has 2 heterocycles. The van der Waals surface area contributed by atoms with Crippen LogP contribution in [0.4, 0.5) is 11.6 Å². The molecular formula is C26H29N5O3S. The number of fused-ring (bicyclic) bond motifs is 1. The lowest BCUT2D eigenvalue weighted by Gasteiger charge is -2.11. The number of nitrogens with one attached hydrogen (secondary N) is 2. The van der Waals surface area contributed by atoms with Gasteiger partial charge < -0.3 is 9.88 Å². The van der Waals surface area contributed by atoms with Crippen LogP contribution in [0.1, 0.15) is 46.9 Å². The molecule has 0 radical (unpaired) electrons. The maximum absolute atomic E-state index is 13.2. The average molecular weight is 492 g/mol. The maximum atomic E-state index is 13.2. The van der Waals surface area contributed by atoms with E-state index < -0.39 is 10.0 Å². The Morgan fingerprint density at radius 2 is 1.60 bits per heavy atom. The third-order valence-corrected chi connectivity index (χ3v) is 7.29. The van der Waals surface area contributed by atoms with Gasteiger partial charge >= 0.3 is 0 Å². The molecule has 2 aromatic carbocycles. The van der Waals surface area contributed by atoms with Gasteiger partial charge in [-0.15, -0.1) is 0 Å². The van der Waals surface area contributed by atoms with Crippen molar-refractivity contribution < 1.29 is 13.2 Å². The number of benzene rings is 2. The molecule has 0 aliphatic heterocycles. The van der Waals surface area contributed by atoms with Gasteiger partial charge in [0.05, 0.1) is 4.90 Å². The fourth-order valence-corrected chi connectivity index (χ4v) is 5.21. The number of carbonyl (C=O) groups is 1. The lowest BCUT2D eigenvalue weighted by molar-refractivity contribution is 0.101. The predicted octanol–water partition coefficient (Wildman–Crippen LogP) is 4.99. The number of carbonyl (C=O) groups excluding carboxylic acids is 1. The van der Waals surface area contributed by atoms with Gasteiger partial charge in [0.25, 0.3) is 15.9 Å². The first-order valence-corrected chi connectivity index (χ1v) is 13.0. The number of aromatic nitrogens is 3. The number of aryl methyl sites for hydroxylation is 5. The lowest BCUT2D eigenvalue weighted by atomic mass is 10.1. The summed E-state index contributed by atoms with van der Waals surface area (Å²) in [7, 11) is -3.88. The zero-order chi connectivity index (χ0) is 25.3. The molecule has 0 atom stereocenters. The van der Waals surface area contributed by atoms with Gasteiger partial charge in [0.2, 0.25) is 5.95 Å². The van der Waals surface area contributed by atoms with Crippen LogP contribution in [0.2, 0.25) is 0 Å². The molecule has 0 saturated carbocycles. The summed E-state index contributed by atoms with van der Waals surface area (Å²) in [6, 6.07) is 14.1. The second-order valence-electron chi connectivity index (χ2n) is 8.48. The van der Waals surface area contributed by atoms with Crippen molar-refractivity contribution in [3.05, 3.63) is 76.7 Å². The first kappa shape index (κ1) is 24.4. The number of hydrogen-bond acceptors (Lipinski definition) is 5. The van der Waals surface area contributed by atoms with E-state index in [1.165, 1.54) is 17.7 Å². The van der Waals surface area contributed by atoms with Crippen LogP contribution in [0, 0.1) is 20.8 Å². The highest BCUT2D eigenvalue weighted by Crippen LogP contribution is 2.28. The van der Waals surface area contributed by atoms with Crippen molar-refractivity contribution in [3.63, 3.8) is 0 Å². The molecule has 0 aliphatic carbocycles. The molecule has 4 aromatic rings. The Kier molecular flexibility index (Phi) is 6.62. The highest BCUT2D eigenvalue weighted by Gasteiger charge is 2.21. The molecule has 0 saturated heterocycles. The van der Waals surface area contributed by atoms with Gasteiger partial charge in [-0.1, -0.05) is 13.0 Å². The van der Waals surface area contributed by atoms with Gasteiger partial charge in [-0.2, -0.15) is 0 Å². The molecule has 0 bridgehead atoms. The summed E-state index contributed by atoms with van der Waals surface area (Å²) in [5.74, 6) is -0.218. The second kappa shape index (κ2) is 9.50. The van der Waals surface area contributed by atoms with Crippen molar-refractivity contribution in [3.8, 4) is 0 Å². The first-order valence-electron chi connectivity index (χ1n) is 11.5. The van der Waals surface area contributed by atoms with Crippen LogP contribution >= 0.6 is 0 Å². The summed E-state index contributed by atoms with van der Waals surface area (Å²) in [6.07, 6.45) is 0.925. The van der Waals surface area contributed by atoms with Crippen LogP contribution in [0.5, 0.6) is 0 Å². The van der Waals surface area contributed by atoms with E-state index in [-0.39, 0.29) is 16.8 Å². The quantitative estimate of drug-likeness (QED) is 0.379. The van der Waals surface area contributed by atoms with E-state index in [0.29, 0.717) is 29.3 Å². The van der Waals surface area contributed by atoms with Gasteiger partial charge in [0.15, 0.2) is 0 Å². The summed E-state index contributed by atoms with van der Waals surface area (Å²) >= 11 is 0. The Labute approximate surface area is 205 Å². The number of amides is 1. The van der Waals surface area contributed by atoms with Crippen LogP contribution in [0.15, 0.2) is 53.4 Å². The monoisotopic (exact) mass is 491 g/mol. The molecule has 4 rings (SSSR count). The van der Waals surface area contributed by atoms with Crippen LogP contribution in [-0.4, -0.2) is 28.9 Å². The van der Waals surface area contributed by atoms with E-state index in [1.54, 1.807) is 32.0 Å². The highest BCUT2D eigenvalue weighted by molar-refractivity contribution is 7.92. The van der Waals surface area contributed by atoms with E-state index in [9.17, 15) is 13.2 Å². The number of sulfonamides is 1. The summed E-state index contributed by atoms with van der Waals surface area (Å²) < 4.78 is 30.0. The normalized spacial score (nSPS) is 11.6. The molecule has 0 fully saturated rings. The van der Waals surface area contributed by atoms with E-state index in [2.05, 4.69) is 45.1 Å². The molecule has 1 amide bonds. The molecule has 9 heteroatoms. The fraction of sp³-hybridized carbons (Fsp3) is 0.269. The van der Waals surface area contributed by atoms with Gasteiger partial charge in [0, 0.05) is 34.5 Å². The minimum absolute atomic E-state index is 0.0222. The van der Waals surface area contributed by atoms with Gasteiger partial charge in [-0.3, -0.25) is 4.79 Å². The van der Waals surface area contributed by atoms with E-state index in [4.69, 9.17) is 0 Å². The zero-order valence-electron chi connectivity index (χ0n) is 20.5. The van der Waals surface area contributed by atoms with Crippen LogP contribution in [0.25, 0.3) is 10.9 Å². The van der Waals surface area contributed by atoms with Gasteiger partial charge in [-0.05, 0) is 87.7 Å². The van der Waals surface area contributed by atoms with Crippen LogP contribution in [0.3, 0.4) is 0 Å². The largest absolute Gasteiger partial charge is 0.337 e. The Morgan fingerprint density at radius 3 is 2.20 bits per heavy atom. The number of rotatable bonds is 7. The molecule has 8 nitrogen and oxygen atoms in total. The van der Waals surface area contributed by atoms with Crippen LogP contribution < -0.4 is 10.0 Å². The topological polar surface area (TPSA) is 106 Å². The Morgan fingerprint density at radius 1 is 0.943 bits per heavy atom. The van der Waals surface area contributed by atoms with Crippen molar-refractivity contribution in [2.45, 2.75) is 52.5 Å². The Bertz CT molecular complexity index is 1500. The van der Waals surface area contributed by atoms with Crippen molar-refractivity contribution >= 4 is 38.5 Å². The lowest BCUT2D eigenvalue weighted by Crippen LogP contribution is -2.18. The number of hydrogen-bond donors (Lipinski definition) is 2. The second-order valence-corrected chi connectivity index (χ2v) is 10.2. The highest BCUT2D eigenvalue weighted by atomic mass is 32.2. The van der Waals surface area contributed by atoms with Crippen molar-refractivity contribution in [2.75, 3.05) is 10.0 Å². The number of nitrogens with zero attached hydrogens (tertiary/aromatic N) is 3. The predicted molar refractivity (Wildman–Crippen MR) is 138 cm³/mol. The molecule has 0 spiro atoms. The maximum Gasteiger partial charge on any atom is 0.272 e. The Balaban J connectivity index is 1.57. The van der Waals surface area contributed by atoms with Crippen molar-refractivity contribution in [1.82, 2.24) is 14.5 Å². The van der Waals surface area contributed by atoms with Crippen LogP contribution in [-0.2, 0) is 23.0 Å². The molecule has 0 aliphatic rings. The Hall–Kier alpha value is -3.72. The molecule has 0 unspecified atom stereocenters. The van der Waals surface area contributed by atoms with E-state index in [1.807, 2.05) is 18.4 Å². The summed E-state index contributed by atoms with van der Waals surface area (Å²) in [6.45, 7) is 10.3. The molecular weight excluding hydrogens is 462 g/mol. The molecule has 2 N–H and O–H groups in total. The van der Waals surface area contributed by atoms with E-state index in [0.717, 1.165) is 22.9 Å². The summed E-state index contributed by atoms with van der Waals surface area (Å²) in [4.78, 5) is 21.5. The smallest absolute Gasteiger partial charge is 0.272 e. The minimum Gasteiger partial charge on any atom is -0.337 e. The molecule has 182 valence electrons. The third-order valence-electron chi connectivity index (χ3n) is 5.95. The van der Waals surface area contributed by atoms with Crippen molar-refractivity contribution in [2.24, 2.45) is 0 Å². The summed E-state index contributed by atoms with van der Waals surface area (Å²) in [5, 5.41) is 3.97. The van der Waals surface area contributed by atoms with Crippen molar-refractivity contribution in [1.29, 1.82) is 0 Å². The van der Waals surface area contributed by atoms with E-state index >= 15 is 0 Å². The SMILES string of the molecule is CCc1ccc2c(c1)c(C)c(C(=O)Nc1ccc(S(=O)(=O)Nc3nc(C)cc(C)n3)cc1)n2CC. The zero-order valence-corrected chi connectivity index (χ0v) is 21.3. The van der Waals surface area contributed by atoms with Gasteiger partial charge in [-0.25, -0.2) is 23.1 Å². The molecule has 2 aromatic heterocycles. The summed E-state index contributed by atoms with van der Waals surface area (Å²) in [5.41, 5.74) is 5.59. The average Bonchev–Trinajstić information content (AvgIpc) is 3.09. The number of anilines is 2. The molecule has 35 heavy (non-hydrogen) atoms. The first-order chi connectivity index (χ1) is 16.6. The van der Waals surface area contributed by atoms with Gasteiger partial charge in [0.1, 0.15) is 5.69 Å². The third kappa shape index (κ3) is 4.90.